The van der Waals surface area contributed by atoms with Crippen LogP contribution in [-0.4, -0.2) is 61.3 Å². The number of carbonyl (C=O) groups excluding carboxylic acids is 2. The van der Waals surface area contributed by atoms with Crippen molar-refractivity contribution in [1.29, 1.82) is 0 Å². The van der Waals surface area contributed by atoms with E-state index in [4.69, 9.17) is 4.98 Å². The minimum absolute atomic E-state index is 0.0338. The summed E-state index contributed by atoms with van der Waals surface area (Å²) in [4.78, 5) is 33.8. The van der Waals surface area contributed by atoms with Crippen LogP contribution in [0.25, 0.3) is 27.9 Å². The molecule has 0 aliphatic carbocycles. The van der Waals surface area contributed by atoms with Crippen molar-refractivity contribution in [3.63, 3.8) is 0 Å². The third-order valence-electron chi connectivity index (χ3n) is 6.48. The molecule has 4 aromatic rings. The lowest BCUT2D eigenvalue weighted by molar-refractivity contribution is 0.0724. The number of fused-ring (bicyclic) bond motifs is 4. The Morgan fingerprint density at radius 2 is 1.88 bits per heavy atom. The lowest BCUT2D eigenvalue weighted by Gasteiger charge is -2.26. The summed E-state index contributed by atoms with van der Waals surface area (Å²) in [5.74, 6) is 0.0874. The number of likely N-dealkylation sites (tertiary alicyclic amines) is 1. The molecule has 0 N–H and O–H groups in total. The van der Waals surface area contributed by atoms with E-state index in [9.17, 15) is 9.59 Å². The van der Waals surface area contributed by atoms with E-state index in [0.29, 0.717) is 29.0 Å². The number of hydrogen-bond donors (Lipinski definition) is 0. The molecule has 8 nitrogen and oxygen atoms in total. The van der Waals surface area contributed by atoms with Gasteiger partial charge in [-0.1, -0.05) is 6.07 Å². The summed E-state index contributed by atoms with van der Waals surface area (Å²) in [6, 6.07) is 11.4. The van der Waals surface area contributed by atoms with E-state index in [1.165, 1.54) is 6.42 Å². The van der Waals surface area contributed by atoms with Gasteiger partial charge in [-0.2, -0.15) is 0 Å². The number of piperidine rings is 1. The zero-order chi connectivity index (χ0) is 21.8. The molecule has 160 valence electrons. The molecular formula is C24H22N6O2. The van der Waals surface area contributed by atoms with Gasteiger partial charge in [0.05, 0.1) is 11.0 Å². The average molecular weight is 426 g/mol. The Balaban J connectivity index is 1.48. The molecule has 4 heterocycles. The molecule has 0 atom stereocenters. The van der Waals surface area contributed by atoms with Crippen LogP contribution in [0.4, 0.5) is 0 Å². The van der Waals surface area contributed by atoms with Crippen LogP contribution in [-0.2, 0) is 6.54 Å². The molecule has 0 bridgehead atoms. The van der Waals surface area contributed by atoms with Gasteiger partial charge in [-0.25, -0.2) is 4.98 Å². The highest BCUT2D eigenvalue weighted by Gasteiger charge is 2.25. The number of hydrogen-bond acceptors (Lipinski definition) is 5. The highest BCUT2D eigenvalue weighted by molar-refractivity contribution is 6.00. The third-order valence-corrected chi connectivity index (χ3v) is 6.48. The molecule has 0 saturated carbocycles. The summed E-state index contributed by atoms with van der Waals surface area (Å²) in [5.41, 5.74) is 6.11. The van der Waals surface area contributed by atoms with Crippen LogP contribution in [0.1, 0.15) is 45.5 Å². The maximum atomic E-state index is 13.0. The Bertz CT molecular complexity index is 1400. The number of nitrogens with zero attached hydrogens (tertiary/aromatic N) is 6. The molecule has 0 radical (unpaired) electrons. The quantitative estimate of drug-likeness (QED) is 0.492. The summed E-state index contributed by atoms with van der Waals surface area (Å²) in [5, 5.41) is 8.40. The molecule has 8 heteroatoms. The predicted molar refractivity (Wildman–Crippen MR) is 119 cm³/mol. The summed E-state index contributed by atoms with van der Waals surface area (Å²) in [6.45, 7) is 2.19. The largest absolute Gasteiger partial charge is 0.339 e. The molecule has 1 saturated heterocycles. The molecule has 1 fully saturated rings. The van der Waals surface area contributed by atoms with Crippen molar-refractivity contribution in [2.75, 3.05) is 20.1 Å². The Labute approximate surface area is 184 Å². The fourth-order valence-electron chi connectivity index (χ4n) is 4.78. The van der Waals surface area contributed by atoms with E-state index in [1.807, 2.05) is 45.7 Å². The number of aromatic nitrogens is 4. The van der Waals surface area contributed by atoms with Gasteiger partial charge in [-0.15, -0.1) is 10.2 Å². The third kappa shape index (κ3) is 2.86. The number of rotatable bonds is 2. The van der Waals surface area contributed by atoms with Gasteiger partial charge in [0, 0.05) is 43.4 Å². The van der Waals surface area contributed by atoms with Crippen LogP contribution in [0, 0.1) is 0 Å². The van der Waals surface area contributed by atoms with Crippen LogP contribution in [0.2, 0.25) is 0 Å². The zero-order valence-corrected chi connectivity index (χ0v) is 17.8. The summed E-state index contributed by atoms with van der Waals surface area (Å²) in [6.07, 6.45) is 4.96. The van der Waals surface area contributed by atoms with Crippen molar-refractivity contribution >= 4 is 28.5 Å². The summed E-state index contributed by atoms with van der Waals surface area (Å²) >= 11 is 0. The minimum atomic E-state index is 0.0338. The average Bonchev–Trinajstić information content (AvgIpc) is 3.43. The SMILES string of the molecule is CN1Cc2cc(-c3nc4cc(C(=O)N5CCCCC5)ccc4n4cnnc34)ccc2C1=O. The van der Waals surface area contributed by atoms with Gasteiger partial charge in [-0.05, 0) is 55.2 Å². The molecule has 2 aliphatic heterocycles. The Morgan fingerprint density at radius 1 is 1.03 bits per heavy atom. The fraction of sp³-hybridized carbons (Fsp3) is 0.292. The molecule has 2 amide bonds. The first-order chi connectivity index (χ1) is 15.6. The van der Waals surface area contributed by atoms with Crippen LogP contribution in [0.5, 0.6) is 0 Å². The van der Waals surface area contributed by atoms with Crippen LogP contribution < -0.4 is 0 Å². The van der Waals surface area contributed by atoms with Crippen LogP contribution >= 0.6 is 0 Å². The molecule has 32 heavy (non-hydrogen) atoms. The summed E-state index contributed by atoms with van der Waals surface area (Å²) in [7, 11) is 1.80. The maximum Gasteiger partial charge on any atom is 0.254 e. The second-order valence-corrected chi connectivity index (χ2v) is 8.57. The molecule has 2 aromatic heterocycles. The molecule has 0 spiro atoms. The summed E-state index contributed by atoms with van der Waals surface area (Å²) < 4.78 is 1.90. The Kier molecular flexibility index (Phi) is 4.21. The van der Waals surface area contributed by atoms with Crippen LogP contribution in [0.3, 0.4) is 0 Å². The van der Waals surface area contributed by atoms with Crippen molar-refractivity contribution < 1.29 is 9.59 Å². The first-order valence-electron chi connectivity index (χ1n) is 10.9. The zero-order valence-electron chi connectivity index (χ0n) is 17.8. The van der Waals surface area contributed by atoms with Gasteiger partial charge < -0.3 is 9.80 Å². The van der Waals surface area contributed by atoms with Gasteiger partial charge in [0.2, 0.25) is 0 Å². The van der Waals surface area contributed by atoms with Crippen molar-refractivity contribution in [3.8, 4) is 11.3 Å². The molecule has 0 unspecified atom stereocenters. The maximum absolute atomic E-state index is 13.0. The second kappa shape index (κ2) is 7.12. The monoisotopic (exact) mass is 426 g/mol. The molecule has 2 aromatic carbocycles. The van der Waals surface area contributed by atoms with Crippen molar-refractivity contribution in [3.05, 3.63) is 59.4 Å². The van der Waals surface area contributed by atoms with E-state index in [-0.39, 0.29) is 11.8 Å². The highest BCUT2D eigenvalue weighted by atomic mass is 16.2. The van der Waals surface area contributed by atoms with E-state index in [1.54, 1.807) is 18.3 Å². The first-order valence-corrected chi connectivity index (χ1v) is 10.9. The van der Waals surface area contributed by atoms with Gasteiger partial charge in [0.25, 0.3) is 11.8 Å². The number of amides is 2. The van der Waals surface area contributed by atoms with Crippen LogP contribution in [0.15, 0.2) is 42.7 Å². The van der Waals surface area contributed by atoms with Crippen molar-refractivity contribution in [1.82, 2.24) is 29.4 Å². The Morgan fingerprint density at radius 3 is 2.72 bits per heavy atom. The fourth-order valence-corrected chi connectivity index (χ4v) is 4.78. The van der Waals surface area contributed by atoms with E-state index < -0.39 is 0 Å². The van der Waals surface area contributed by atoms with E-state index in [2.05, 4.69) is 10.2 Å². The standard InChI is InChI=1S/C24H22N6O2/c1-28-13-17-11-15(5-7-18(17)24(28)32)21-22-27-25-14-30(22)20-8-6-16(12-19(20)26-21)23(31)29-9-3-2-4-10-29/h5-8,11-12,14H,2-4,9-10,13H2,1H3. The molecule has 6 rings (SSSR count). The molecular weight excluding hydrogens is 404 g/mol. The minimum Gasteiger partial charge on any atom is -0.339 e. The van der Waals surface area contributed by atoms with Gasteiger partial charge in [-0.3, -0.25) is 14.0 Å². The second-order valence-electron chi connectivity index (χ2n) is 8.57. The van der Waals surface area contributed by atoms with E-state index >= 15 is 0 Å². The molecule has 2 aliphatic rings. The van der Waals surface area contributed by atoms with Gasteiger partial charge in [0.1, 0.15) is 12.0 Å². The van der Waals surface area contributed by atoms with Crippen molar-refractivity contribution in [2.24, 2.45) is 0 Å². The normalized spacial score (nSPS) is 16.2. The number of carbonyl (C=O) groups is 2. The smallest absolute Gasteiger partial charge is 0.254 e. The van der Waals surface area contributed by atoms with Gasteiger partial charge in [0.15, 0.2) is 5.65 Å². The topological polar surface area (TPSA) is 83.7 Å². The number of benzene rings is 2. The first kappa shape index (κ1) is 18.9. The predicted octanol–water partition coefficient (Wildman–Crippen LogP) is 3.16. The highest BCUT2D eigenvalue weighted by Crippen LogP contribution is 2.30. The van der Waals surface area contributed by atoms with E-state index in [0.717, 1.165) is 48.1 Å². The van der Waals surface area contributed by atoms with Gasteiger partial charge >= 0.3 is 0 Å². The lowest BCUT2D eigenvalue weighted by Crippen LogP contribution is -2.35. The lowest BCUT2D eigenvalue weighted by atomic mass is 10.0. The Hall–Kier alpha value is -3.81. The van der Waals surface area contributed by atoms with Crippen molar-refractivity contribution in [2.45, 2.75) is 25.8 Å².